The third kappa shape index (κ3) is 4.93. The molecule has 2 aliphatic carbocycles. The normalized spacial score (nSPS) is 20.2. The van der Waals surface area contributed by atoms with Crippen LogP contribution in [0.3, 0.4) is 0 Å². The highest BCUT2D eigenvalue weighted by molar-refractivity contribution is 5.99. The third-order valence-electron chi connectivity index (χ3n) is 8.45. The van der Waals surface area contributed by atoms with E-state index in [1.807, 2.05) is 31.4 Å². The average Bonchev–Trinajstić information content (AvgIpc) is 3.57. The van der Waals surface area contributed by atoms with Gasteiger partial charge < -0.3 is 10.0 Å². The van der Waals surface area contributed by atoms with Crippen molar-refractivity contribution in [3.63, 3.8) is 0 Å². The summed E-state index contributed by atoms with van der Waals surface area (Å²) in [5, 5.41) is 14.2. The van der Waals surface area contributed by atoms with Gasteiger partial charge in [0, 0.05) is 31.4 Å². The number of hydrogen-bond acceptors (Lipinski definition) is 4. The smallest absolute Gasteiger partial charge is 0.414 e. The summed E-state index contributed by atoms with van der Waals surface area (Å²) < 4.78 is 15.6. The molecule has 8 nitrogen and oxygen atoms in total. The first kappa shape index (κ1) is 25.3. The molecule has 6 rings (SSSR count). The van der Waals surface area contributed by atoms with Gasteiger partial charge in [-0.3, -0.25) is 14.3 Å². The second kappa shape index (κ2) is 9.94. The SMILES string of the molecule is Cn1cc(-c2ccc3c(c2)CC[C@@H]3C(=O)N(CC(=O)N2Cc3ccc(F)cc3CC[C@@H]2C2CC2)C(=O)O)cn1. The first-order chi connectivity index (χ1) is 18.8. The van der Waals surface area contributed by atoms with Crippen LogP contribution in [0.4, 0.5) is 9.18 Å². The Hall–Kier alpha value is -4.01. The molecule has 0 unspecified atom stereocenters. The van der Waals surface area contributed by atoms with Crippen molar-refractivity contribution < 1.29 is 23.9 Å². The number of nitrogens with zero attached hydrogens (tertiary/aromatic N) is 4. The molecular formula is C30H31FN4O4. The second-order valence-electron chi connectivity index (χ2n) is 11.0. The number of carbonyl (C=O) groups excluding carboxylic acids is 2. The van der Waals surface area contributed by atoms with E-state index in [4.69, 9.17) is 0 Å². The van der Waals surface area contributed by atoms with Crippen LogP contribution in [0.15, 0.2) is 48.8 Å². The van der Waals surface area contributed by atoms with Crippen molar-refractivity contribution in [2.24, 2.45) is 13.0 Å². The zero-order chi connectivity index (χ0) is 27.3. The molecule has 0 bridgehead atoms. The summed E-state index contributed by atoms with van der Waals surface area (Å²) in [5.41, 5.74) is 5.54. The first-order valence-corrected chi connectivity index (χ1v) is 13.5. The predicted octanol–water partition coefficient (Wildman–Crippen LogP) is 4.52. The van der Waals surface area contributed by atoms with Crippen LogP contribution in [0.2, 0.25) is 0 Å². The van der Waals surface area contributed by atoms with E-state index in [0.29, 0.717) is 43.0 Å². The van der Waals surface area contributed by atoms with Gasteiger partial charge in [0.25, 0.3) is 0 Å². The molecule has 39 heavy (non-hydrogen) atoms. The number of carbonyl (C=O) groups is 3. The van der Waals surface area contributed by atoms with Crippen molar-refractivity contribution in [3.05, 3.63) is 76.9 Å². The van der Waals surface area contributed by atoms with Crippen molar-refractivity contribution in [2.45, 2.75) is 57.0 Å². The zero-order valence-corrected chi connectivity index (χ0v) is 21.8. The Balaban J connectivity index is 1.22. The van der Waals surface area contributed by atoms with Crippen LogP contribution < -0.4 is 0 Å². The zero-order valence-electron chi connectivity index (χ0n) is 21.8. The standard InChI is InChI=1S/C30H31FN4O4/c1-33-15-23(14-32-33)19-5-9-25-21(12-19)6-10-26(25)29(37)35(30(38)39)17-28(36)34-16-22-4-8-24(31)13-20(22)7-11-27(34)18-2-3-18/h4-5,8-9,12-15,18,26-27H,2-3,6-7,10-11,16-17H2,1H3,(H,38,39)/t26-,27+/m0/s1. The molecule has 0 spiro atoms. The fourth-order valence-electron chi connectivity index (χ4n) is 6.26. The van der Waals surface area contributed by atoms with Crippen LogP contribution in [0, 0.1) is 11.7 Å². The van der Waals surface area contributed by atoms with Gasteiger partial charge >= 0.3 is 6.09 Å². The van der Waals surface area contributed by atoms with E-state index in [1.165, 1.54) is 12.1 Å². The minimum absolute atomic E-state index is 0.0446. The summed E-state index contributed by atoms with van der Waals surface area (Å²) in [6, 6.07) is 10.4. The Bertz CT molecular complexity index is 1460. The van der Waals surface area contributed by atoms with Gasteiger partial charge in [-0.15, -0.1) is 0 Å². The van der Waals surface area contributed by atoms with E-state index in [0.717, 1.165) is 46.2 Å². The van der Waals surface area contributed by atoms with Crippen LogP contribution in [0.5, 0.6) is 0 Å². The van der Waals surface area contributed by atoms with Gasteiger partial charge in [0.2, 0.25) is 11.8 Å². The number of aryl methyl sites for hydroxylation is 3. The molecule has 2 atom stereocenters. The second-order valence-corrected chi connectivity index (χ2v) is 11.0. The minimum atomic E-state index is -1.42. The lowest BCUT2D eigenvalue weighted by Gasteiger charge is -2.32. The molecule has 1 aliphatic heterocycles. The van der Waals surface area contributed by atoms with Gasteiger partial charge in [-0.1, -0.05) is 24.3 Å². The maximum Gasteiger partial charge on any atom is 0.414 e. The lowest BCUT2D eigenvalue weighted by atomic mass is 9.97. The number of benzene rings is 2. The average molecular weight is 531 g/mol. The molecule has 0 radical (unpaired) electrons. The number of fused-ring (bicyclic) bond motifs is 2. The quantitative estimate of drug-likeness (QED) is 0.524. The lowest BCUT2D eigenvalue weighted by molar-refractivity contribution is -0.141. The Morgan fingerprint density at radius 3 is 2.51 bits per heavy atom. The van der Waals surface area contributed by atoms with E-state index in [2.05, 4.69) is 5.10 Å². The van der Waals surface area contributed by atoms with Crippen molar-refractivity contribution in [3.8, 4) is 11.1 Å². The van der Waals surface area contributed by atoms with Crippen molar-refractivity contribution in [2.75, 3.05) is 6.54 Å². The highest BCUT2D eigenvalue weighted by Crippen LogP contribution is 2.40. The van der Waals surface area contributed by atoms with Gasteiger partial charge in [-0.2, -0.15) is 5.10 Å². The van der Waals surface area contributed by atoms with Gasteiger partial charge in [0.15, 0.2) is 0 Å². The van der Waals surface area contributed by atoms with Crippen LogP contribution in [0.1, 0.15) is 53.9 Å². The van der Waals surface area contributed by atoms with Gasteiger partial charge in [-0.25, -0.2) is 14.1 Å². The first-order valence-electron chi connectivity index (χ1n) is 13.5. The topological polar surface area (TPSA) is 95.7 Å². The van der Waals surface area contributed by atoms with Crippen molar-refractivity contribution in [1.82, 2.24) is 19.6 Å². The largest absolute Gasteiger partial charge is 0.465 e. The summed E-state index contributed by atoms with van der Waals surface area (Å²) in [6.45, 7) is -0.228. The lowest BCUT2D eigenvalue weighted by Crippen LogP contribution is -2.49. The fraction of sp³-hybridized carbons (Fsp3) is 0.400. The molecule has 2 heterocycles. The van der Waals surface area contributed by atoms with Crippen LogP contribution in [0.25, 0.3) is 11.1 Å². The molecule has 0 saturated heterocycles. The molecule has 1 N–H and O–H groups in total. The Morgan fingerprint density at radius 2 is 1.79 bits per heavy atom. The Kier molecular flexibility index (Phi) is 6.45. The molecule has 1 fully saturated rings. The fourth-order valence-corrected chi connectivity index (χ4v) is 6.26. The number of imide groups is 1. The summed E-state index contributed by atoms with van der Waals surface area (Å²) >= 11 is 0. The number of rotatable bonds is 5. The van der Waals surface area contributed by atoms with E-state index in [-0.39, 0.29) is 17.8 Å². The van der Waals surface area contributed by atoms with E-state index < -0.39 is 24.5 Å². The van der Waals surface area contributed by atoms with Crippen molar-refractivity contribution in [1.29, 1.82) is 0 Å². The molecule has 9 heteroatoms. The van der Waals surface area contributed by atoms with Crippen LogP contribution in [-0.4, -0.2) is 55.2 Å². The maximum absolute atomic E-state index is 13.9. The third-order valence-corrected chi connectivity index (χ3v) is 8.45. The Labute approximate surface area is 226 Å². The van der Waals surface area contributed by atoms with Crippen molar-refractivity contribution >= 4 is 17.9 Å². The molecule has 3 aliphatic rings. The molecular weight excluding hydrogens is 499 g/mol. The van der Waals surface area contributed by atoms with Crippen LogP contribution in [-0.2, 0) is 36.0 Å². The molecule has 1 saturated carbocycles. The number of halogens is 1. The summed E-state index contributed by atoms with van der Waals surface area (Å²) in [5.74, 6) is -1.51. The summed E-state index contributed by atoms with van der Waals surface area (Å²) in [7, 11) is 1.85. The van der Waals surface area contributed by atoms with Gasteiger partial charge in [0.1, 0.15) is 12.4 Å². The number of carboxylic acid groups (broad SMARTS) is 1. The molecule has 202 valence electrons. The number of amides is 3. The minimum Gasteiger partial charge on any atom is -0.465 e. The molecule has 2 aromatic carbocycles. The molecule has 3 aromatic rings. The molecule has 3 amide bonds. The van der Waals surface area contributed by atoms with Gasteiger partial charge in [0.05, 0.1) is 12.1 Å². The number of hydrogen-bond donors (Lipinski definition) is 1. The van der Waals surface area contributed by atoms with Gasteiger partial charge in [-0.05, 0) is 84.4 Å². The summed E-state index contributed by atoms with van der Waals surface area (Å²) in [4.78, 5) is 41.9. The highest BCUT2D eigenvalue weighted by atomic mass is 19.1. The predicted molar refractivity (Wildman–Crippen MR) is 141 cm³/mol. The highest BCUT2D eigenvalue weighted by Gasteiger charge is 2.41. The maximum atomic E-state index is 13.9. The Morgan fingerprint density at radius 1 is 1.00 bits per heavy atom. The number of aromatic nitrogens is 2. The monoisotopic (exact) mass is 530 g/mol. The van der Waals surface area contributed by atoms with E-state index >= 15 is 0 Å². The van der Waals surface area contributed by atoms with E-state index in [9.17, 15) is 23.9 Å². The molecule has 1 aromatic heterocycles. The van der Waals surface area contributed by atoms with Crippen LogP contribution >= 0.6 is 0 Å². The van der Waals surface area contributed by atoms with E-state index in [1.54, 1.807) is 21.8 Å². The summed E-state index contributed by atoms with van der Waals surface area (Å²) in [6.07, 6.45) is 6.83.